The molecule has 1 aliphatic carbocycles. The van der Waals surface area contributed by atoms with Gasteiger partial charge in [0.1, 0.15) is 18.5 Å². The third-order valence-electron chi connectivity index (χ3n) is 3.52. The van der Waals surface area contributed by atoms with E-state index in [4.69, 9.17) is 4.74 Å². The van der Waals surface area contributed by atoms with E-state index < -0.39 is 6.10 Å². The largest absolute Gasteiger partial charge is 0.491 e. The van der Waals surface area contributed by atoms with Crippen LogP contribution in [0.5, 0.6) is 5.75 Å². The molecule has 0 bridgehead atoms. The fourth-order valence-corrected chi connectivity index (χ4v) is 2.43. The summed E-state index contributed by atoms with van der Waals surface area (Å²) in [5.74, 6) is 0.790. The van der Waals surface area contributed by atoms with Gasteiger partial charge in [0.25, 0.3) is 0 Å². The summed E-state index contributed by atoms with van der Waals surface area (Å²) in [5.41, 5.74) is 2.27. The van der Waals surface area contributed by atoms with Gasteiger partial charge in [-0.2, -0.15) is 0 Å². The lowest BCUT2D eigenvalue weighted by Gasteiger charge is -2.20. The number of carbonyl (C=O) groups is 1. The molecular formula is C17H26N2O3. The quantitative estimate of drug-likeness (QED) is 0.759. The molecule has 0 radical (unpaired) electrons. The summed E-state index contributed by atoms with van der Waals surface area (Å²) in [4.78, 5) is 13.5. The van der Waals surface area contributed by atoms with Crippen LogP contribution in [-0.4, -0.2) is 54.8 Å². The molecule has 2 N–H and O–H groups in total. The highest BCUT2D eigenvalue weighted by Crippen LogP contribution is 2.18. The summed E-state index contributed by atoms with van der Waals surface area (Å²) in [7, 11) is 1.83. The highest BCUT2D eigenvalue weighted by Gasteiger charge is 2.23. The number of aliphatic hydroxyl groups excluding tert-OH is 1. The molecular weight excluding hydrogens is 280 g/mol. The van der Waals surface area contributed by atoms with Crippen LogP contribution in [0.15, 0.2) is 18.2 Å². The summed E-state index contributed by atoms with van der Waals surface area (Å²) in [6, 6.07) is 6.35. The van der Waals surface area contributed by atoms with Crippen molar-refractivity contribution in [3.05, 3.63) is 29.3 Å². The molecule has 1 amide bonds. The van der Waals surface area contributed by atoms with Gasteiger partial charge in [0.05, 0.1) is 6.54 Å². The Morgan fingerprint density at radius 1 is 1.36 bits per heavy atom. The van der Waals surface area contributed by atoms with Crippen molar-refractivity contribution in [1.82, 2.24) is 10.2 Å². The average Bonchev–Trinajstić information content (AvgIpc) is 3.18. The predicted molar refractivity (Wildman–Crippen MR) is 86.1 cm³/mol. The van der Waals surface area contributed by atoms with Crippen LogP contribution in [0.1, 0.15) is 24.0 Å². The van der Waals surface area contributed by atoms with Crippen LogP contribution in [0.2, 0.25) is 0 Å². The van der Waals surface area contributed by atoms with Crippen molar-refractivity contribution < 1.29 is 14.6 Å². The predicted octanol–water partition coefficient (Wildman–Crippen LogP) is 1.25. The number of aryl methyl sites for hydroxylation is 2. The minimum Gasteiger partial charge on any atom is -0.491 e. The van der Waals surface area contributed by atoms with E-state index in [0.717, 1.165) is 29.7 Å². The van der Waals surface area contributed by atoms with Crippen molar-refractivity contribution in [2.75, 3.05) is 26.7 Å². The van der Waals surface area contributed by atoms with Gasteiger partial charge in [-0.15, -0.1) is 0 Å². The lowest BCUT2D eigenvalue weighted by atomic mass is 10.1. The average molecular weight is 306 g/mol. The Morgan fingerprint density at radius 3 is 2.59 bits per heavy atom. The maximum absolute atomic E-state index is 11.7. The van der Waals surface area contributed by atoms with Crippen molar-refractivity contribution in [1.29, 1.82) is 0 Å². The Morgan fingerprint density at radius 2 is 2.00 bits per heavy atom. The minimum absolute atomic E-state index is 0.0208. The van der Waals surface area contributed by atoms with Crippen LogP contribution in [-0.2, 0) is 4.79 Å². The maximum atomic E-state index is 11.7. The van der Waals surface area contributed by atoms with Gasteiger partial charge in [0, 0.05) is 12.6 Å². The second kappa shape index (κ2) is 7.61. The Kier molecular flexibility index (Phi) is 5.80. The van der Waals surface area contributed by atoms with Gasteiger partial charge < -0.3 is 15.2 Å². The zero-order valence-electron chi connectivity index (χ0n) is 13.6. The van der Waals surface area contributed by atoms with Crippen molar-refractivity contribution in [3.8, 4) is 5.75 Å². The third kappa shape index (κ3) is 6.03. The van der Waals surface area contributed by atoms with Gasteiger partial charge in [-0.25, -0.2) is 0 Å². The van der Waals surface area contributed by atoms with E-state index in [1.165, 1.54) is 0 Å². The number of rotatable bonds is 8. The van der Waals surface area contributed by atoms with Crippen molar-refractivity contribution in [2.45, 2.75) is 38.8 Å². The number of hydrogen-bond acceptors (Lipinski definition) is 4. The number of amides is 1. The lowest BCUT2D eigenvalue weighted by molar-refractivity contribution is -0.122. The standard InChI is InChI=1S/C17H26N2O3/c1-12-6-13(2)8-16(7-12)22-11-15(20)9-19(3)10-17(21)18-14-4-5-14/h6-8,14-15,20H,4-5,9-11H2,1-3H3,(H,18,21). The number of ether oxygens (including phenoxy) is 1. The first-order valence-corrected chi connectivity index (χ1v) is 7.79. The molecule has 0 saturated heterocycles. The van der Waals surface area contributed by atoms with E-state index in [2.05, 4.69) is 11.4 Å². The molecule has 0 aliphatic heterocycles. The fraction of sp³-hybridized carbons (Fsp3) is 0.588. The molecule has 1 fully saturated rings. The van der Waals surface area contributed by atoms with Crippen molar-refractivity contribution in [3.63, 3.8) is 0 Å². The molecule has 5 heteroatoms. The van der Waals surface area contributed by atoms with E-state index in [1.54, 1.807) is 0 Å². The van der Waals surface area contributed by atoms with Crippen molar-refractivity contribution >= 4 is 5.91 Å². The molecule has 22 heavy (non-hydrogen) atoms. The van der Waals surface area contributed by atoms with Crippen LogP contribution in [0, 0.1) is 13.8 Å². The monoisotopic (exact) mass is 306 g/mol. The van der Waals surface area contributed by atoms with Crippen molar-refractivity contribution in [2.24, 2.45) is 0 Å². The molecule has 2 rings (SSSR count). The van der Waals surface area contributed by atoms with Gasteiger partial charge >= 0.3 is 0 Å². The van der Waals surface area contributed by atoms with Gasteiger partial charge in [-0.05, 0) is 57.0 Å². The topological polar surface area (TPSA) is 61.8 Å². The SMILES string of the molecule is Cc1cc(C)cc(OCC(O)CN(C)CC(=O)NC2CC2)c1. The molecule has 1 atom stereocenters. The van der Waals surface area contributed by atoms with Crippen LogP contribution in [0.3, 0.4) is 0 Å². The number of hydrogen-bond donors (Lipinski definition) is 2. The second-order valence-electron chi connectivity index (χ2n) is 6.33. The Hall–Kier alpha value is -1.59. The van der Waals surface area contributed by atoms with E-state index in [-0.39, 0.29) is 12.5 Å². The third-order valence-corrected chi connectivity index (χ3v) is 3.52. The number of nitrogens with one attached hydrogen (secondary N) is 1. The molecule has 0 spiro atoms. The molecule has 1 aliphatic rings. The highest BCUT2D eigenvalue weighted by atomic mass is 16.5. The number of likely N-dealkylation sites (N-methyl/N-ethyl adjacent to an activating group) is 1. The first kappa shape index (κ1) is 16.8. The molecule has 1 saturated carbocycles. The number of benzene rings is 1. The van der Waals surface area contributed by atoms with Crippen LogP contribution in [0.25, 0.3) is 0 Å². The molecule has 0 heterocycles. The second-order valence-corrected chi connectivity index (χ2v) is 6.33. The maximum Gasteiger partial charge on any atom is 0.234 e. The first-order chi connectivity index (χ1) is 10.4. The van der Waals surface area contributed by atoms with Gasteiger partial charge in [-0.3, -0.25) is 9.69 Å². The Balaban J connectivity index is 1.69. The zero-order chi connectivity index (χ0) is 16.1. The smallest absolute Gasteiger partial charge is 0.234 e. The van der Waals surface area contributed by atoms with Crippen LogP contribution < -0.4 is 10.1 Å². The Bertz CT molecular complexity index is 494. The number of carbonyl (C=O) groups excluding carboxylic acids is 1. The van der Waals surface area contributed by atoms with Crippen LogP contribution >= 0.6 is 0 Å². The highest BCUT2D eigenvalue weighted by molar-refractivity contribution is 5.78. The normalized spacial score (nSPS) is 15.7. The molecule has 1 aromatic rings. The summed E-state index contributed by atoms with van der Waals surface area (Å²) in [5, 5.41) is 13.0. The summed E-state index contributed by atoms with van der Waals surface area (Å²) < 4.78 is 5.63. The molecule has 5 nitrogen and oxygen atoms in total. The fourth-order valence-electron chi connectivity index (χ4n) is 2.43. The van der Waals surface area contributed by atoms with E-state index in [1.807, 2.05) is 37.9 Å². The molecule has 122 valence electrons. The number of nitrogens with zero attached hydrogens (tertiary/aromatic N) is 1. The van der Waals surface area contributed by atoms with Gasteiger partial charge in [0.2, 0.25) is 5.91 Å². The molecule has 1 unspecified atom stereocenters. The summed E-state index contributed by atoms with van der Waals surface area (Å²) >= 11 is 0. The molecule has 1 aromatic carbocycles. The minimum atomic E-state index is -0.625. The lowest BCUT2D eigenvalue weighted by Crippen LogP contribution is -2.40. The first-order valence-electron chi connectivity index (χ1n) is 7.79. The van der Waals surface area contributed by atoms with E-state index >= 15 is 0 Å². The van der Waals surface area contributed by atoms with Crippen LogP contribution in [0.4, 0.5) is 0 Å². The van der Waals surface area contributed by atoms with Gasteiger partial charge in [0.15, 0.2) is 0 Å². The van der Waals surface area contributed by atoms with Gasteiger partial charge in [-0.1, -0.05) is 6.07 Å². The summed E-state index contributed by atoms with van der Waals surface area (Å²) in [6.07, 6.45) is 1.54. The van der Waals surface area contributed by atoms with E-state index in [0.29, 0.717) is 19.1 Å². The number of aliphatic hydroxyl groups is 1. The zero-order valence-corrected chi connectivity index (χ0v) is 13.6. The Labute approximate surface area is 132 Å². The molecule has 0 aromatic heterocycles. The van der Waals surface area contributed by atoms with E-state index in [9.17, 15) is 9.90 Å². The summed E-state index contributed by atoms with van der Waals surface area (Å²) in [6.45, 7) is 4.96.